The van der Waals surface area contributed by atoms with Gasteiger partial charge in [0.15, 0.2) is 11.5 Å². The first-order valence-corrected chi connectivity index (χ1v) is 15.6. The summed E-state index contributed by atoms with van der Waals surface area (Å²) >= 11 is 0. The van der Waals surface area contributed by atoms with Gasteiger partial charge in [-0.25, -0.2) is 4.79 Å². The van der Waals surface area contributed by atoms with Crippen LogP contribution < -0.4 is 14.2 Å². The molecule has 0 radical (unpaired) electrons. The lowest BCUT2D eigenvalue weighted by atomic mass is 10.2. The first-order valence-electron chi connectivity index (χ1n) is 15.6. The molecule has 0 atom stereocenters. The minimum Gasteiger partial charge on any atom is -0.487 e. The van der Waals surface area contributed by atoms with Gasteiger partial charge in [0.05, 0.1) is 97.1 Å². The third kappa shape index (κ3) is 23.8. The fourth-order valence-electron chi connectivity index (χ4n) is 3.46. The molecule has 268 valence electrons. The van der Waals surface area contributed by atoms with Gasteiger partial charge in [-0.2, -0.15) is 0 Å². The van der Waals surface area contributed by atoms with Gasteiger partial charge in [-0.3, -0.25) is 0 Å². The van der Waals surface area contributed by atoms with Gasteiger partial charge < -0.3 is 62.3 Å². The Kier molecular flexibility index (Phi) is 22.3. The molecule has 1 rings (SSSR count). The molecule has 2 N–H and O–H groups in total. The van der Waals surface area contributed by atoms with Crippen LogP contribution in [0.4, 0.5) is 4.79 Å². The van der Waals surface area contributed by atoms with Gasteiger partial charge in [0.1, 0.15) is 26.4 Å². The summed E-state index contributed by atoms with van der Waals surface area (Å²) < 4.78 is 61.4. The van der Waals surface area contributed by atoms with E-state index in [1.54, 1.807) is 12.1 Å². The third-order valence-electron chi connectivity index (χ3n) is 5.39. The smallest absolute Gasteiger partial charge is 0.487 e. The van der Waals surface area contributed by atoms with E-state index >= 15 is 0 Å². The zero-order valence-corrected chi connectivity index (χ0v) is 28.5. The molecule has 0 unspecified atom stereocenters. The lowest BCUT2D eigenvalue weighted by molar-refractivity contribution is -0.0434. The first-order chi connectivity index (χ1) is 21.9. The number of hydrogen-bond acceptors (Lipinski definition) is 13. The van der Waals surface area contributed by atoms with Crippen molar-refractivity contribution in [2.75, 3.05) is 106 Å². The molecule has 0 aliphatic rings. The molecule has 0 amide bonds. The molecule has 1 aromatic rings. The van der Waals surface area contributed by atoms with E-state index in [2.05, 4.69) is 0 Å². The molecule has 0 heterocycles. The van der Waals surface area contributed by atoms with Crippen molar-refractivity contribution >= 4 is 6.16 Å². The van der Waals surface area contributed by atoms with Crippen molar-refractivity contribution in [1.82, 2.24) is 0 Å². The average molecular weight is 665 g/mol. The van der Waals surface area contributed by atoms with E-state index in [0.29, 0.717) is 75.7 Å². The Hall–Kier alpha value is -2.43. The number of aliphatic hydroxyl groups is 1. The summed E-state index contributed by atoms with van der Waals surface area (Å²) in [4.78, 5) is 11.0. The summed E-state index contributed by atoms with van der Waals surface area (Å²) in [6, 6.07) is 3.24. The standard InChI is InChI=1S/C32H56O14/c1-31(2,3)45-21-16-39-11-9-37-13-18-41-27-23-26(25-44-30(34)35)24-28(29(27)43-20-15-36-8-7-33)42-19-14-38-10-12-40-17-22-46-32(4,5)6/h23-24,33H,7-22,25H2,1-6H3,(H,34,35). The number of rotatable bonds is 28. The second kappa shape index (κ2) is 24.7. The predicted molar refractivity (Wildman–Crippen MR) is 168 cm³/mol. The Morgan fingerprint density at radius 3 is 1.33 bits per heavy atom. The highest BCUT2D eigenvalue weighted by molar-refractivity contribution is 5.58. The van der Waals surface area contributed by atoms with Crippen LogP contribution in [0.15, 0.2) is 12.1 Å². The number of hydrogen-bond donors (Lipinski definition) is 2. The lowest BCUT2D eigenvalue weighted by Gasteiger charge is -2.19. The molecule has 0 saturated heterocycles. The summed E-state index contributed by atoms with van der Waals surface area (Å²) in [5.74, 6) is 0.931. The second-order valence-electron chi connectivity index (χ2n) is 11.7. The van der Waals surface area contributed by atoms with Crippen LogP contribution in [0.3, 0.4) is 0 Å². The maximum absolute atomic E-state index is 11.0. The average Bonchev–Trinajstić information content (AvgIpc) is 2.97. The van der Waals surface area contributed by atoms with E-state index in [1.165, 1.54) is 0 Å². The zero-order chi connectivity index (χ0) is 34.1. The van der Waals surface area contributed by atoms with Crippen molar-refractivity contribution in [2.45, 2.75) is 59.4 Å². The van der Waals surface area contributed by atoms with Crippen LogP contribution in [-0.4, -0.2) is 133 Å². The highest BCUT2D eigenvalue weighted by Crippen LogP contribution is 2.39. The predicted octanol–water partition coefficient (Wildman–Crippen LogP) is 3.72. The van der Waals surface area contributed by atoms with E-state index in [0.717, 1.165) is 0 Å². The summed E-state index contributed by atoms with van der Waals surface area (Å²) in [5, 5.41) is 18.0. The minimum absolute atomic E-state index is 0.105. The molecular formula is C32H56O14. The van der Waals surface area contributed by atoms with Gasteiger partial charge in [0, 0.05) is 0 Å². The molecule has 1 aromatic carbocycles. The summed E-state index contributed by atoms with van der Waals surface area (Å²) in [6.07, 6.45) is -1.41. The van der Waals surface area contributed by atoms with E-state index in [-0.39, 0.29) is 70.7 Å². The fraction of sp³-hybridized carbons (Fsp3) is 0.781. The lowest BCUT2D eigenvalue weighted by Crippen LogP contribution is -2.22. The van der Waals surface area contributed by atoms with Crippen molar-refractivity contribution in [3.63, 3.8) is 0 Å². The zero-order valence-electron chi connectivity index (χ0n) is 28.5. The Balaban J connectivity index is 2.69. The third-order valence-corrected chi connectivity index (χ3v) is 5.39. The molecule has 0 aliphatic carbocycles. The van der Waals surface area contributed by atoms with Crippen molar-refractivity contribution in [3.8, 4) is 17.2 Å². The number of benzene rings is 1. The molecule has 0 bridgehead atoms. The highest BCUT2D eigenvalue weighted by Gasteiger charge is 2.17. The molecule has 14 nitrogen and oxygen atoms in total. The summed E-state index contributed by atoms with van der Waals surface area (Å²) in [5.41, 5.74) is 0.0772. The normalized spacial score (nSPS) is 11.9. The van der Waals surface area contributed by atoms with Gasteiger partial charge in [-0.1, -0.05) is 0 Å². The van der Waals surface area contributed by atoms with Crippen LogP contribution in [-0.2, 0) is 44.5 Å². The number of ether oxygens (including phenoxy) is 11. The largest absolute Gasteiger partial charge is 0.506 e. The van der Waals surface area contributed by atoms with Crippen LogP contribution in [0.1, 0.15) is 47.1 Å². The Bertz CT molecular complexity index is 858. The molecule has 0 spiro atoms. The van der Waals surface area contributed by atoms with Crippen molar-refractivity contribution in [1.29, 1.82) is 0 Å². The Morgan fingerprint density at radius 1 is 0.565 bits per heavy atom. The second-order valence-corrected chi connectivity index (χ2v) is 11.7. The monoisotopic (exact) mass is 664 g/mol. The molecule has 0 aliphatic heterocycles. The van der Waals surface area contributed by atoms with Crippen LogP contribution in [0.2, 0.25) is 0 Å². The van der Waals surface area contributed by atoms with Gasteiger partial charge in [0.2, 0.25) is 5.75 Å². The maximum Gasteiger partial charge on any atom is 0.506 e. The molecule has 0 fully saturated rings. The van der Waals surface area contributed by atoms with E-state index in [9.17, 15) is 4.79 Å². The topological polar surface area (TPSA) is 159 Å². The van der Waals surface area contributed by atoms with Gasteiger partial charge >= 0.3 is 6.16 Å². The van der Waals surface area contributed by atoms with Gasteiger partial charge in [-0.15, -0.1) is 0 Å². The minimum atomic E-state index is -1.41. The van der Waals surface area contributed by atoms with Crippen LogP contribution in [0.25, 0.3) is 0 Å². The molecule has 0 aromatic heterocycles. The number of carboxylic acid groups (broad SMARTS) is 1. The van der Waals surface area contributed by atoms with Gasteiger partial charge in [0.25, 0.3) is 0 Å². The molecular weight excluding hydrogens is 608 g/mol. The Labute approximate surface area is 273 Å². The van der Waals surface area contributed by atoms with E-state index < -0.39 is 6.16 Å². The maximum atomic E-state index is 11.0. The number of carbonyl (C=O) groups is 1. The van der Waals surface area contributed by atoms with Crippen LogP contribution in [0.5, 0.6) is 17.2 Å². The number of aliphatic hydroxyl groups excluding tert-OH is 1. The molecule has 46 heavy (non-hydrogen) atoms. The van der Waals surface area contributed by atoms with E-state index in [1.807, 2.05) is 41.5 Å². The molecule has 0 saturated carbocycles. The van der Waals surface area contributed by atoms with Crippen molar-refractivity contribution in [2.24, 2.45) is 0 Å². The quantitative estimate of drug-likeness (QED) is 0.0986. The van der Waals surface area contributed by atoms with Crippen molar-refractivity contribution in [3.05, 3.63) is 17.7 Å². The van der Waals surface area contributed by atoms with Crippen LogP contribution >= 0.6 is 0 Å². The highest BCUT2D eigenvalue weighted by atomic mass is 16.7. The Morgan fingerprint density at radius 2 is 0.935 bits per heavy atom. The van der Waals surface area contributed by atoms with Crippen LogP contribution in [0, 0.1) is 0 Å². The van der Waals surface area contributed by atoms with Crippen molar-refractivity contribution < 1.29 is 67.1 Å². The summed E-state index contributed by atoms with van der Waals surface area (Å²) in [6.45, 7) is 16.6. The SMILES string of the molecule is CC(C)(C)OCCOCCOCCOc1cc(COC(=O)O)cc(OCCOCCOCCOC(C)(C)C)c1OCCOCCO. The fourth-order valence-corrected chi connectivity index (χ4v) is 3.46. The summed E-state index contributed by atoms with van der Waals surface area (Å²) in [7, 11) is 0. The molecule has 14 heteroatoms. The van der Waals surface area contributed by atoms with E-state index in [4.69, 9.17) is 62.3 Å². The first kappa shape index (κ1) is 41.6. The van der Waals surface area contributed by atoms with Gasteiger partial charge in [-0.05, 0) is 59.2 Å².